The summed E-state index contributed by atoms with van der Waals surface area (Å²) in [4.78, 5) is 14.0. The maximum Gasteiger partial charge on any atom is 0.416 e. The van der Waals surface area contributed by atoms with Gasteiger partial charge < -0.3 is 9.84 Å². The van der Waals surface area contributed by atoms with Gasteiger partial charge in [0.15, 0.2) is 0 Å². The largest absolute Gasteiger partial charge is 0.481 e. The van der Waals surface area contributed by atoms with Crippen LogP contribution in [-0.2, 0) is 11.0 Å². The first kappa shape index (κ1) is 13.6. The monoisotopic (exact) mass is 267 g/mol. The van der Waals surface area contributed by atoms with Crippen molar-refractivity contribution in [2.45, 2.75) is 11.2 Å². The number of pyridine rings is 1. The minimum absolute atomic E-state index is 0.0425. The fourth-order valence-corrected chi connectivity index (χ4v) is 1.59. The first-order valence-electron chi connectivity index (χ1n) is 4.31. The molecular weight excluding hydrogens is 259 g/mol. The Morgan fingerprint density at radius 2 is 2.18 bits per heavy atom. The Bertz CT molecular complexity index is 422. The summed E-state index contributed by atoms with van der Waals surface area (Å²) in [7, 11) is 1.19. The number of aliphatic carboxylic acids is 1. The van der Waals surface area contributed by atoms with Crippen molar-refractivity contribution in [2.24, 2.45) is 0 Å². The van der Waals surface area contributed by atoms with E-state index < -0.39 is 17.7 Å². The predicted octanol–water partition coefficient (Wildman–Crippen LogP) is 2.29. The van der Waals surface area contributed by atoms with Gasteiger partial charge >= 0.3 is 12.1 Å². The van der Waals surface area contributed by atoms with Crippen molar-refractivity contribution in [3.63, 3.8) is 0 Å². The van der Waals surface area contributed by atoms with Crippen LogP contribution in [0.1, 0.15) is 5.56 Å². The van der Waals surface area contributed by atoms with E-state index in [0.29, 0.717) is 11.8 Å². The number of hydrogen-bond acceptors (Lipinski definition) is 4. The highest BCUT2D eigenvalue weighted by Gasteiger charge is 2.32. The van der Waals surface area contributed by atoms with E-state index in [0.717, 1.165) is 12.1 Å². The average Bonchev–Trinajstić information content (AvgIpc) is 2.24. The number of hydrogen-bond donors (Lipinski definition) is 1. The summed E-state index contributed by atoms with van der Waals surface area (Å²) in [6, 6.07) is 1.54. The molecule has 94 valence electrons. The molecule has 0 fully saturated rings. The second kappa shape index (κ2) is 5.26. The number of halogens is 3. The number of rotatable bonds is 4. The van der Waals surface area contributed by atoms with Crippen LogP contribution in [0.4, 0.5) is 13.2 Å². The molecular formula is C9H8F3NO3S. The molecule has 17 heavy (non-hydrogen) atoms. The molecule has 1 aromatic rings. The lowest BCUT2D eigenvalue weighted by Gasteiger charge is -2.09. The summed E-state index contributed by atoms with van der Waals surface area (Å²) in [5.74, 6) is -1.70. The zero-order chi connectivity index (χ0) is 13.1. The minimum atomic E-state index is -4.52. The quantitative estimate of drug-likeness (QED) is 0.848. The molecule has 0 saturated heterocycles. The number of ether oxygens (including phenoxy) is 1. The van der Waals surface area contributed by atoms with Crippen molar-refractivity contribution >= 4 is 17.7 Å². The average molecular weight is 267 g/mol. The van der Waals surface area contributed by atoms with Gasteiger partial charge in [-0.2, -0.15) is 13.2 Å². The van der Waals surface area contributed by atoms with E-state index in [9.17, 15) is 18.0 Å². The summed E-state index contributed by atoms with van der Waals surface area (Å²) in [5.41, 5.74) is -0.919. The Balaban J connectivity index is 3.01. The second-order valence-electron chi connectivity index (χ2n) is 2.92. The van der Waals surface area contributed by atoms with E-state index in [-0.39, 0.29) is 16.7 Å². The van der Waals surface area contributed by atoms with E-state index in [1.54, 1.807) is 0 Å². The van der Waals surface area contributed by atoms with Crippen molar-refractivity contribution in [3.8, 4) is 5.88 Å². The smallest absolute Gasteiger partial charge is 0.416 e. The third-order valence-corrected chi connectivity index (χ3v) is 2.55. The van der Waals surface area contributed by atoms with Crippen LogP contribution >= 0.6 is 11.8 Å². The van der Waals surface area contributed by atoms with E-state index >= 15 is 0 Å². The van der Waals surface area contributed by atoms with Gasteiger partial charge in [0.05, 0.1) is 18.4 Å². The van der Waals surface area contributed by atoms with Crippen LogP contribution < -0.4 is 4.74 Å². The summed E-state index contributed by atoms with van der Waals surface area (Å²) < 4.78 is 42.0. The van der Waals surface area contributed by atoms with Gasteiger partial charge in [-0.05, 0) is 6.07 Å². The predicted molar refractivity (Wildman–Crippen MR) is 54.2 cm³/mol. The van der Waals surface area contributed by atoms with E-state index in [1.165, 1.54) is 7.11 Å². The number of carbonyl (C=O) groups is 1. The summed E-state index contributed by atoms with van der Waals surface area (Å²) in [5, 5.41) is 8.39. The molecule has 1 heterocycles. The molecule has 1 N–H and O–H groups in total. The van der Waals surface area contributed by atoms with Gasteiger partial charge in [-0.25, -0.2) is 4.98 Å². The minimum Gasteiger partial charge on any atom is -0.481 e. The first-order valence-corrected chi connectivity index (χ1v) is 5.29. The lowest BCUT2D eigenvalue weighted by atomic mass is 10.2. The number of nitrogens with zero attached hydrogens (tertiary/aromatic N) is 1. The third kappa shape index (κ3) is 4.14. The Labute approximate surface area is 98.8 Å². The molecule has 0 aliphatic carbocycles. The molecule has 0 atom stereocenters. The highest BCUT2D eigenvalue weighted by Crippen LogP contribution is 2.33. The SMILES string of the molecule is COc1cc(C(F)(F)F)cc(SCC(=O)O)n1. The molecule has 0 unspecified atom stereocenters. The second-order valence-corrected chi connectivity index (χ2v) is 3.91. The first-order chi connectivity index (χ1) is 7.82. The van der Waals surface area contributed by atoms with Gasteiger partial charge in [-0.3, -0.25) is 4.79 Å². The summed E-state index contributed by atoms with van der Waals surface area (Å²) >= 11 is 0.698. The van der Waals surface area contributed by atoms with Crippen LogP contribution in [0.3, 0.4) is 0 Å². The number of carboxylic acids is 1. The molecule has 0 radical (unpaired) electrons. The fraction of sp³-hybridized carbons (Fsp3) is 0.333. The third-order valence-electron chi connectivity index (χ3n) is 1.66. The van der Waals surface area contributed by atoms with Crippen LogP contribution in [-0.4, -0.2) is 28.9 Å². The molecule has 0 saturated carbocycles. The summed E-state index contributed by atoms with van der Waals surface area (Å²) in [6.07, 6.45) is -4.52. The van der Waals surface area contributed by atoms with Crippen LogP contribution in [0, 0.1) is 0 Å². The number of alkyl halides is 3. The number of aromatic nitrogens is 1. The maximum atomic E-state index is 12.5. The number of methoxy groups -OCH3 is 1. The highest BCUT2D eigenvalue weighted by molar-refractivity contribution is 7.99. The highest BCUT2D eigenvalue weighted by atomic mass is 32.2. The van der Waals surface area contributed by atoms with Crippen LogP contribution in [0.2, 0.25) is 0 Å². The maximum absolute atomic E-state index is 12.5. The zero-order valence-electron chi connectivity index (χ0n) is 8.61. The molecule has 1 rings (SSSR count). The van der Waals surface area contributed by atoms with E-state index in [1.807, 2.05) is 0 Å². The zero-order valence-corrected chi connectivity index (χ0v) is 9.43. The van der Waals surface area contributed by atoms with Gasteiger partial charge in [-0.15, -0.1) is 0 Å². The van der Waals surface area contributed by atoms with E-state index in [4.69, 9.17) is 5.11 Å². The summed E-state index contributed by atoms with van der Waals surface area (Å²) in [6.45, 7) is 0. The molecule has 0 aromatic carbocycles. The topological polar surface area (TPSA) is 59.4 Å². The van der Waals surface area contributed by atoms with E-state index in [2.05, 4.69) is 9.72 Å². The standard InChI is InChI=1S/C9H8F3NO3S/c1-16-6-2-5(9(10,11)12)3-7(13-6)17-4-8(14)15/h2-3H,4H2,1H3,(H,14,15). The van der Waals surface area contributed by atoms with Gasteiger partial charge in [-0.1, -0.05) is 11.8 Å². The molecule has 0 spiro atoms. The van der Waals surface area contributed by atoms with Gasteiger partial charge in [0.1, 0.15) is 5.03 Å². The Hall–Kier alpha value is -1.44. The lowest BCUT2D eigenvalue weighted by molar-refractivity contribution is -0.138. The molecule has 0 aliphatic heterocycles. The van der Waals surface area contributed by atoms with Crippen molar-refractivity contribution in [2.75, 3.05) is 12.9 Å². The lowest BCUT2D eigenvalue weighted by Crippen LogP contribution is -2.07. The normalized spacial score (nSPS) is 11.3. The Morgan fingerprint density at radius 1 is 1.53 bits per heavy atom. The number of thioether (sulfide) groups is 1. The van der Waals surface area contributed by atoms with Crippen LogP contribution in [0.5, 0.6) is 5.88 Å². The van der Waals surface area contributed by atoms with Crippen LogP contribution in [0.15, 0.2) is 17.2 Å². The molecule has 1 aromatic heterocycles. The Kier molecular flexibility index (Phi) is 4.22. The van der Waals surface area contributed by atoms with Crippen molar-refractivity contribution < 1.29 is 27.8 Å². The molecule has 4 nitrogen and oxygen atoms in total. The van der Waals surface area contributed by atoms with Crippen molar-refractivity contribution in [3.05, 3.63) is 17.7 Å². The van der Waals surface area contributed by atoms with Crippen LogP contribution in [0.25, 0.3) is 0 Å². The molecule has 0 amide bonds. The van der Waals surface area contributed by atoms with Crippen molar-refractivity contribution in [1.82, 2.24) is 4.98 Å². The molecule has 0 aliphatic rings. The van der Waals surface area contributed by atoms with Gasteiger partial charge in [0.25, 0.3) is 0 Å². The van der Waals surface area contributed by atoms with Gasteiger partial charge in [0.2, 0.25) is 5.88 Å². The molecule has 8 heteroatoms. The Morgan fingerprint density at radius 3 is 2.65 bits per heavy atom. The fourth-order valence-electron chi connectivity index (χ4n) is 0.959. The number of carboxylic acid groups (broad SMARTS) is 1. The molecule has 0 bridgehead atoms. The van der Waals surface area contributed by atoms with Gasteiger partial charge in [0, 0.05) is 6.07 Å². The van der Waals surface area contributed by atoms with Crippen molar-refractivity contribution in [1.29, 1.82) is 0 Å².